The second-order valence-corrected chi connectivity index (χ2v) is 7.40. The van der Waals surface area contributed by atoms with Crippen LogP contribution >= 0.6 is 11.3 Å². The maximum atomic E-state index is 14.0. The van der Waals surface area contributed by atoms with Gasteiger partial charge in [0.1, 0.15) is 5.82 Å². The van der Waals surface area contributed by atoms with Crippen molar-refractivity contribution in [1.82, 2.24) is 15.8 Å². The summed E-state index contributed by atoms with van der Waals surface area (Å²) in [6.45, 7) is 1.93. The van der Waals surface area contributed by atoms with Gasteiger partial charge in [-0.15, -0.1) is 11.3 Å². The van der Waals surface area contributed by atoms with Crippen LogP contribution in [0.3, 0.4) is 0 Å². The number of hydrazine groups is 1. The molecule has 6 heteroatoms. The van der Waals surface area contributed by atoms with Gasteiger partial charge in [-0.3, -0.25) is 10.2 Å². The number of hydrogen-bond acceptors (Lipinski definition) is 4. The van der Waals surface area contributed by atoms with Gasteiger partial charge in [-0.25, -0.2) is 9.82 Å². The van der Waals surface area contributed by atoms with Crippen molar-refractivity contribution in [2.24, 2.45) is 5.92 Å². The van der Waals surface area contributed by atoms with Gasteiger partial charge < -0.3 is 4.90 Å². The third-order valence-electron chi connectivity index (χ3n) is 4.99. The van der Waals surface area contributed by atoms with E-state index in [0.717, 1.165) is 12.0 Å². The molecule has 4 rings (SSSR count). The third-order valence-corrected chi connectivity index (χ3v) is 5.95. The molecule has 4 nitrogen and oxygen atoms in total. The number of halogens is 1. The van der Waals surface area contributed by atoms with Crippen LogP contribution in [0.15, 0.2) is 41.8 Å². The number of thiophene rings is 1. The zero-order valence-electron chi connectivity index (χ0n) is 13.2. The largest absolute Gasteiger partial charge is 0.342 e. The highest BCUT2D eigenvalue weighted by Gasteiger charge is 2.39. The average molecular weight is 345 g/mol. The lowest BCUT2D eigenvalue weighted by Crippen LogP contribution is -2.37. The summed E-state index contributed by atoms with van der Waals surface area (Å²) >= 11 is 1.66. The first-order chi connectivity index (χ1) is 11.7. The lowest BCUT2D eigenvalue weighted by Gasteiger charge is -2.23. The summed E-state index contributed by atoms with van der Waals surface area (Å²) in [7, 11) is 0. The monoisotopic (exact) mass is 345 g/mol. The van der Waals surface area contributed by atoms with E-state index >= 15 is 0 Å². The number of carbonyl (C=O) groups is 1. The Labute approximate surface area is 144 Å². The van der Waals surface area contributed by atoms with Crippen LogP contribution in [0, 0.1) is 11.7 Å². The molecule has 2 N–H and O–H groups in total. The van der Waals surface area contributed by atoms with Crippen LogP contribution < -0.4 is 10.9 Å². The smallest absolute Gasteiger partial charge is 0.229 e. The fourth-order valence-electron chi connectivity index (χ4n) is 3.72. The van der Waals surface area contributed by atoms with Gasteiger partial charge in [0.25, 0.3) is 0 Å². The summed E-state index contributed by atoms with van der Waals surface area (Å²) in [5.41, 5.74) is 7.06. The number of hydrogen-bond donors (Lipinski definition) is 2. The van der Waals surface area contributed by atoms with E-state index in [1.165, 1.54) is 10.9 Å². The van der Waals surface area contributed by atoms with E-state index < -0.39 is 0 Å². The molecule has 3 heterocycles. The molecule has 1 aromatic heterocycles. The number of amides is 1. The Morgan fingerprint density at radius 3 is 2.92 bits per heavy atom. The molecule has 2 aliphatic heterocycles. The van der Waals surface area contributed by atoms with Gasteiger partial charge >= 0.3 is 0 Å². The summed E-state index contributed by atoms with van der Waals surface area (Å²) in [5, 5.41) is 2.03. The van der Waals surface area contributed by atoms with E-state index in [4.69, 9.17) is 0 Å². The van der Waals surface area contributed by atoms with E-state index in [9.17, 15) is 9.18 Å². The zero-order valence-corrected chi connectivity index (χ0v) is 14.1. The van der Waals surface area contributed by atoms with Crippen molar-refractivity contribution in [3.8, 4) is 0 Å². The summed E-state index contributed by atoms with van der Waals surface area (Å²) in [6.07, 6.45) is 0.823. The fourth-order valence-corrected chi connectivity index (χ4v) is 4.56. The Morgan fingerprint density at radius 1 is 1.25 bits per heavy atom. The molecule has 3 atom stereocenters. The molecule has 0 saturated carbocycles. The van der Waals surface area contributed by atoms with Crippen LogP contribution in [0.2, 0.25) is 0 Å². The molecule has 126 valence electrons. The number of nitrogens with one attached hydrogen (secondary N) is 2. The summed E-state index contributed by atoms with van der Waals surface area (Å²) < 4.78 is 14.0. The quantitative estimate of drug-likeness (QED) is 0.899. The van der Waals surface area contributed by atoms with Gasteiger partial charge in [-0.2, -0.15) is 0 Å². The molecule has 1 amide bonds. The average Bonchev–Trinajstić information content (AvgIpc) is 3.34. The molecule has 2 saturated heterocycles. The molecular weight excluding hydrogens is 325 g/mol. The normalized spacial score (nSPS) is 26.9. The highest BCUT2D eigenvalue weighted by Crippen LogP contribution is 2.33. The molecule has 24 heavy (non-hydrogen) atoms. The Kier molecular flexibility index (Phi) is 4.35. The zero-order chi connectivity index (χ0) is 16.5. The Morgan fingerprint density at radius 2 is 2.12 bits per heavy atom. The van der Waals surface area contributed by atoms with Crippen molar-refractivity contribution >= 4 is 17.2 Å². The molecule has 0 spiro atoms. The van der Waals surface area contributed by atoms with Crippen LogP contribution in [0.5, 0.6) is 0 Å². The van der Waals surface area contributed by atoms with Gasteiger partial charge in [0, 0.05) is 30.4 Å². The minimum Gasteiger partial charge on any atom is -0.342 e. The van der Waals surface area contributed by atoms with Gasteiger partial charge in [-0.05, 0) is 29.5 Å². The number of carbonyl (C=O) groups excluding carboxylic acids is 1. The van der Waals surface area contributed by atoms with Crippen LogP contribution in [-0.4, -0.2) is 30.4 Å². The van der Waals surface area contributed by atoms with Crippen LogP contribution in [0.1, 0.15) is 28.8 Å². The van der Waals surface area contributed by atoms with Crippen LogP contribution in [-0.2, 0) is 4.79 Å². The lowest BCUT2D eigenvalue weighted by atomic mass is 9.97. The molecule has 3 unspecified atom stereocenters. The molecule has 0 aliphatic carbocycles. The minimum absolute atomic E-state index is 0.0185. The number of likely N-dealkylation sites (tertiary alicyclic amines) is 1. The maximum Gasteiger partial charge on any atom is 0.229 e. The molecular formula is C18H20FN3OS. The number of rotatable bonds is 3. The van der Waals surface area contributed by atoms with E-state index in [1.807, 2.05) is 28.5 Å². The van der Waals surface area contributed by atoms with Crippen LogP contribution in [0.25, 0.3) is 0 Å². The Balaban J connectivity index is 1.47. The molecule has 2 aromatic rings. The summed E-state index contributed by atoms with van der Waals surface area (Å²) in [5.74, 6) is -0.0251. The number of benzene rings is 1. The van der Waals surface area contributed by atoms with Gasteiger partial charge in [-0.1, -0.05) is 24.3 Å². The van der Waals surface area contributed by atoms with Crippen molar-refractivity contribution in [2.75, 3.05) is 19.6 Å². The standard InChI is InChI=1S/C18H20FN3OS/c19-15-5-2-1-4-13(15)12-7-8-22(11-12)18(23)14-10-20-21-17(14)16-6-3-9-24-16/h1-6,9,12,14,17,20-21H,7-8,10-11H2. The second-order valence-electron chi connectivity index (χ2n) is 6.42. The van der Waals surface area contributed by atoms with Crippen molar-refractivity contribution in [3.63, 3.8) is 0 Å². The first kappa shape index (κ1) is 15.7. The fraction of sp³-hybridized carbons (Fsp3) is 0.389. The van der Waals surface area contributed by atoms with Crippen LogP contribution in [0.4, 0.5) is 4.39 Å². The lowest BCUT2D eigenvalue weighted by molar-refractivity contribution is -0.134. The highest BCUT2D eigenvalue weighted by atomic mass is 32.1. The van der Waals surface area contributed by atoms with E-state index in [1.54, 1.807) is 17.4 Å². The Hall–Kier alpha value is -1.76. The van der Waals surface area contributed by atoms with E-state index in [0.29, 0.717) is 19.6 Å². The van der Waals surface area contributed by atoms with Crippen molar-refractivity contribution in [1.29, 1.82) is 0 Å². The van der Waals surface area contributed by atoms with E-state index in [2.05, 4.69) is 16.9 Å². The molecule has 2 aliphatic rings. The Bertz CT molecular complexity index is 721. The molecule has 0 bridgehead atoms. The predicted molar refractivity (Wildman–Crippen MR) is 92.0 cm³/mol. The van der Waals surface area contributed by atoms with Gasteiger partial charge in [0.15, 0.2) is 0 Å². The summed E-state index contributed by atoms with van der Waals surface area (Å²) in [6, 6.07) is 11.0. The molecule has 2 fully saturated rings. The van der Waals surface area contributed by atoms with Crippen molar-refractivity contribution in [3.05, 3.63) is 58.0 Å². The topological polar surface area (TPSA) is 44.4 Å². The van der Waals surface area contributed by atoms with Crippen molar-refractivity contribution in [2.45, 2.75) is 18.4 Å². The second kappa shape index (κ2) is 6.63. The maximum absolute atomic E-state index is 14.0. The number of nitrogens with zero attached hydrogens (tertiary/aromatic N) is 1. The van der Waals surface area contributed by atoms with Crippen molar-refractivity contribution < 1.29 is 9.18 Å². The molecule has 0 radical (unpaired) electrons. The highest BCUT2D eigenvalue weighted by molar-refractivity contribution is 7.10. The summed E-state index contributed by atoms with van der Waals surface area (Å²) in [4.78, 5) is 16.0. The first-order valence-corrected chi connectivity index (χ1v) is 9.17. The van der Waals surface area contributed by atoms with Gasteiger partial charge in [0.05, 0.1) is 12.0 Å². The minimum atomic E-state index is -0.169. The third kappa shape index (κ3) is 2.85. The van der Waals surface area contributed by atoms with Gasteiger partial charge in [0.2, 0.25) is 5.91 Å². The first-order valence-electron chi connectivity index (χ1n) is 8.29. The van der Waals surface area contributed by atoms with E-state index in [-0.39, 0.29) is 29.6 Å². The predicted octanol–water partition coefficient (Wildman–Crippen LogP) is 2.67. The SMILES string of the molecule is O=C(C1CNNC1c1cccs1)N1CCC(c2ccccc2F)C1. The molecule has 1 aromatic carbocycles.